The molecule has 0 spiro atoms. The Morgan fingerprint density at radius 2 is 1.95 bits per heavy atom. The zero-order chi connectivity index (χ0) is 14.5. The number of methoxy groups -OCH3 is 1. The predicted octanol–water partition coefficient (Wildman–Crippen LogP) is 2.93. The van der Waals surface area contributed by atoms with Crippen molar-refractivity contribution in [2.45, 2.75) is 27.3 Å². The fraction of sp³-hybridized carbons (Fsp3) is 0.438. The fourth-order valence-corrected chi connectivity index (χ4v) is 2.10. The lowest BCUT2D eigenvalue weighted by Gasteiger charge is -2.08. The molecule has 0 fully saturated rings. The molecule has 1 aromatic carbocycles. The van der Waals surface area contributed by atoms with Gasteiger partial charge in [-0.3, -0.25) is 0 Å². The molecule has 0 saturated carbocycles. The molecule has 4 heteroatoms. The predicted molar refractivity (Wildman–Crippen MR) is 81.4 cm³/mol. The molecule has 4 nitrogen and oxygen atoms in total. The van der Waals surface area contributed by atoms with E-state index in [0.29, 0.717) is 5.92 Å². The molecule has 0 saturated heterocycles. The van der Waals surface area contributed by atoms with Crippen LogP contribution in [-0.4, -0.2) is 23.4 Å². The van der Waals surface area contributed by atoms with Gasteiger partial charge in [0.25, 0.3) is 0 Å². The van der Waals surface area contributed by atoms with Gasteiger partial charge in [0.2, 0.25) is 0 Å². The minimum absolute atomic E-state index is 0.659. The van der Waals surface area contributed by atoms with Crippen molar-refractivity contribution in [3.63, 3.8) is 0 Å². The summed E-state index contributed by atoms with van der Waals surface area (Å²) < 4.78 is 7.14. The second-order valence-electron chi connectivity index (χ2n) is 5.39. The van der Waals surface area contributed by atoms with Crippen LogP contribution in [0.1, 0.15) is 25.1 Å². The van der Waals surface area contributed by atoms with Crippen molar-refractivity contribution < 1.29 is 4.74 Å². The average molecular weight is 273 g/mol. The lowest BCUT2D eigenvalue weighted by Crippen LogP contribution is -2.19. The Morgan fingerprint density at radius 1 is 1.25 bits per heavy atom. The maximum absolute atomic E-state index is 5.18. The summed E-state index contributed by atoms with van der Waals surface area (Å²) in [7, 11) is 1.67. The van der Waals surface area contributed by atoms with E-state index < -0.39 is 0 Å². The van der Waals surface area contributed by atoms with Crippen LogP contribution in [0, 0.1) is 12.8 Å². The summed E-state index contributed by atoms with van der Waals surface area (Å²) in [5, 5.41) is 7.93. The van der Waals surface area contributed by atoms with Crippen LogP contribution in [0.4, 0.5) is 0 Å². The highest BCUT2D eigenvalue weighted by Crippen LogP contribution is 2.17. The molecule has 108 valence electrons. The van der Waals surface area contributed by atoms with E-state index in [1.165, 1.54) is 11.3 Å². The van der Waals surface area contributed by atoms with Crippen molar-refractivity contribution in [1.82, 2.24) is 15.1 Å². The molecule has 0 aliphatic heterocycles. The molecule has 1 aromatic heterocycles. The van der Waals surface area contributed by atoms with Gasteiger partial charge in [0, 0.05) is 17.8 Å². The summed E-state index contributed by atoms with van der Waals surface area (Å²) in [6, 6.07) is 7.94. The van der Waals surface area contributed by atoms with Crippen molar-refractivity contribution >= 4 is 0 Å². The van der Waals surface area contributed by atoms with Gasteiger partial charge in [-0.05, 0) is 43.7 Å². The van der Waals surface area contributed by atoms with Crippen LogP contribution in [0.25, 0.3) is 5.69 Å². The van der Waals surface area contributed by atoms with E-state index in [2.05, 4.69) is 31.2 Å². The molecule has 20 heavy (non-hydrogen) atoms. The smallest absolute Gasteiger partial charge is 0.119 e. The molecule has 1 N–H and O–H groups in total. The number of nitrogens with one attached hydrogen (secondary N) is 1. The maximum Gasteiger partial charge on any atom is 0.119 e. The minimum atomic E-state index is 0.659. The normalized spacial score (nSPS) is 11.1. The topological polar surface area (TPSA) is 39.1 Å². The van der Waals surface area contributed by atoms with E-state index in [0.717, 1.165) is 24.5 Å². The first-order chi connectivity index (χ1) is 9.61. The minimum Gasteiger partial charge on any atom is -0.497 e. The first-order valence-corrected chi connectivity index (χ1v) is 7.00. The molecule has 0 aliphatic carbocycles. The number of ether oxygens (including phenoxy) is 1. The van der Waals surface area contributed by atoms with Crippen molar-refractivity contribution in [1.29, 1.82) is 0 Å². The number of benzene rings is 1. The van der Waals surface area contributed by atoms with E-state index in [1.54, 1.807) is 7.11 Å². The van der Waals surface area contributed by atoms with Gasteiger partial charge in [0.15, 0.2) is 0 Å². The zero-order valence-corrected chi connectivity index (χ0v) is 12.7. The van der Waals surface area contributed by atoms with Gasteiger partial charge in [-0.2, -0.15) is 5.10 Å². The number of hydrogen-bond donors (Lipinski definition) is 1. The van der Waals surface area contributed by atoms with Gasteiger partial charge < -0.3 is 10.1 Å². The van der Waals surface area contributed by atoms with Gasteiger partial charge in [-0.25, -0.2) is 4.68 Å². The summed E-state index contributed by atoms with van der Waals surface area (Å²) in [5.41, 5.74) is 3.46. The Hall–Kier alpha value is -1.81. The molecule has 0 radical (unpaired) electrons. The Labute approximate surface area is 120 Å². The van der Waals surface area contributed by atoms with Crippen molar-refractivity contribution in [3.8, 4) is 11.4 Å². The summed E-state index contributed by atoms with van der Waals surface area (Å²) in [4.78, 5) is 0. The van der Waals surface area contributed by atoms with Gasteiger partial charge >= 0.3 is 0 Å². The van der Waals surface area contributed by atoms with Crippen LogP contribution < -0.4 is 10.1 Å². The first kappa shape index (κ1) is 14.6. The van der Waals surface area contributed by atoms with Crippen molar-refractivity contribution in [2.75, 3.05) is 13.7 Å². The highest BCUT2D eigenvalue weighted by molar-refractivity contribution is 5.39. The van der Waals surface area contributed by atoms with E-state index in [4.69, 9.17) is 4.74 Å². The first-order valence-electron chi connectivity index (χ1n) is 7.00. The maximum atomic E-state index is 5.18. The van der Waals surface area contributed by atoms with Gasteiger partial charge in [0.05, 0.1) is 19.0 Å². The molecule has 0 bridgehead atoms. The van der Waals surface area contributed by atoms with Crippen LogP contribution in [-0.2, 0) is 6.54 Å². The Balaban J connectivity index is 2.11. The third-order valence-corrected chi connectivity index (χ3v) is 3.30. The van der Waals surface area contributed by atoms with Gasteiger partial charge in [0.1, 0.15) is 5.75 Å². The Bertz CT molecular complexity index is 543. The largest absolute Gasteiger partial charge is 0.497 e. The molecule has 0 amide bonds. The Morgan fingerprint density at radius 3 is 2.55 bits per heavy atom. The SMILES string of the molecule is COc1ccc(-n2ncc(CNCC(C)C)c2C)cc1. The van der Waals surface area contributed by atoms with E-state index in [1.807, 2.05) is 35.1 Å². The molecular weight excluding hydrogens is 250 g/mol. The molecule has 1 heterocycles. The summed E-state index contributed by atoms with van der Waals surface area (Å²) in [5.74, 6) is 1.52. The second-order valence-corrected chi connectivity index (χ2v) is 5.39. The number of nitrogens with zero attached hydrogens (tertiary/aromatic N) is 2. The second kappa shape index (κ2) is 6.57. The van der Waals surface area contributed by atoms with Gasteiger partial charge in [-0.15, -0.1) is 0 Å². The van der Waals surface area contributed by atoms with Crippen LogP contribution in [0.15, 0.2) is 30.5 Å². The highest BCUT2D eigenvalue weighted by atomic mass is 16.5. The van der Waals surface area contributed by atoms with Crippen LogP contribution in [0.2, 0.25) is 0 Å². The molecule has 0 aliphatic rings. The number of hydrogen-bond acceptors (Lipinski definition) is 3. The van der Waals surface area contributed by atoms with E-state index in [9.17, 15) is 0 Å². The summed E-state index contributed by atoms with van der Waals surface area (Å²) in [6.45, 7) is 8.40. The van der Waals surface area contributed by atoms with Crippen LogP contribution in [0.5, 0.6) is 5.75 Å². The standard InChI is InChI=1S/C16H23N3O/c1-12(2)9-17-10-14-11-18-19(13(14)3)15-5-7-16(20-4)8-6-15/h5-8,11-12,17H,9-10H2,1-4H3. The molecule has 2 rings (SSSR count). The van der Waals surface area contributed by atoms with Gasteiger partial charge in [-0.1, -0.05) is 13.8 Å². The average Bonchev–Trinajstić information content (AvgIpc) is 2.80. The fourth-order valence-electron chi connectivity index (χ4n) is 2.10. The third kappa shape index (κ3) is 3.39. The Kier molecular flexibility index (Phi) is 4.79. The molecular formula is C16H23N3O. The number of rotatable bonds is 6. The quantitative estimate of drug-likeness (QED) is 0.879. The third-order valence-electron chi connectivity index (χ3n) is 3.30. The highest BCUT2D eigenvalue weighted by Gasteiger charge is 2.08. The zero-order valence-electron chi connectivity index (χ0n) is 12.7. The number of aromatic nitrogens is 2. The van der Waals surface area contributed by atoms with Crippen molar-refractivity contribution in [2.24, 2.45) is 5.92 Å². The van der Waals surface area contributed by atoms with Crippen molar-refractivity contribution in [3.05, 3.63) is 41.7 Å². The monoisotopic (exact) mass is 273 g/mol. The van der Waals surface area contributed by atoms with Crippen LogP contribution >= 0.6 is 0 Å². The van der Waals surface area contributed by atoms with E-state index >= 15 is 0 Å². The summed E-state index contributed by atoms with van der Waals surface area (Å²) >= 11 is 0. The molecule has 0 unspecified atom stereocenters. The summed E-state index contributed by atoms with van der Waals surface area (Å²) in [6.07, 6.45) is 1.94. The van der Waals surface area contributed by atoms with E-state index in [-0.39, 0.29) is 0 Å². The molecule has 2 aromatic rings. The lowest BCUT2D eigenvalue weighted by molar-refractivity contribution is 0.414. The lowest BCUT2D eigenvalue weighted by atomic mass is 10.2. The van der Waals surface area contributed by atoms with Crippen LogP contribution in [0.3, 0.4) is 0 Å². The molecule has 0 atom stereocenters.